The van der Waals surface area contributed by atoms with E-state index in [0.717, 1.165) is 18.7 Å². The summed E-state index contributed by atoms with van der Waals surface area (Å²) in [6.07, 6.45) is 0. The number of hydrogen-bond donors (Lipinski definition) is 1. The predicted octanol–water partition coefficient (Wildman–Crippen LogP) is 3.35. The first-order valence-corrected chi connectivity index (χ1v) is 6.69. The van der Waals surface area contributed by atoms with Crippen LogP contribution in [0.5, 0.6) is 0 Å². The van der Waals surface area contributed by atoms with Gasteiger partial charge in [-0.1, -0.05) is 45.0 Å². The van der Waals surface area contributed by atoms with Crippen LogP contribution in [0, 0.1) is 5.41 Å². The Morgan fingerprint density at radius 2 is 1.79 bits per heavy atom. The molecule has 0 heterocycles. The van der Waals surface area contributed by atoms with Gasteiger partial charge in [-0.15, -0.1) is 0 Å². The molecule has 0 aromatic heterocycles. The van der Waals surface area contributed by atoms with Gasteiger partial charge in [0, 0.05) is 13.1 Å². The molecule has 1 rings (SSSR count). The van der Waals surface area contributed by atoms with Crippen LogP contribution in [0.2, 0.25) is 0 Å². The summed E-state index contributed by atoms with van der Waals surface area (Å²) in [5.41, 5.74) is 2.36. The third-order valence-electron chi connectivity index (χ3n) is 3.05. The van der Waals surface area contributed by atoms with E-state index in [-0.39, 0.29) is 5.41 Å². The zero-order chi connectivity index (χ0) is 14.6. The van der Waals surface area contributed by atoms with Crippen LogP contribution in [-0.4, -0.2) is 29.6 Å². The van der Waals surface area contributed by atoms with E-state index in [2.05, 4.69) is 32.7 Å². The number of aliphatic carboxylic acids is 1. The van der Waals surface area contributed by atoms with E-state index < -0.39 is 11.9 Å². The van der Waals surface area contributed by atoms with Crippen molar-refractivity contribution >= 4 is 5.97 Å². The average molecular weight is 263 g/mol. The molecule has 3 heteroatoms. The van der Waals surface area contributed by atoms with Gasteiger partial charge >= 0.3 is 5.97 Å². The Labute approximate surface area is 116 Å². The van der Waals surface area contributed by atoms with Crippen molar-refractivity contribution in [2.75, 3.05) is 13.6 Å². The minimum atomic E-state index is -0.780. The van der Waals surface area contributed by atoms with Crippen molar-refractivity contribution in [1.82, 2.24) is 4.90 Å². The second-order valence-electron chi connectivity index (χ2n) is 6.53. The summed E-state index contributed by atoms with van der Waals surface area (Å²) < 4.78 is 0. The summed E-state index contributed by atoms with van der Waals surface area (Å²) in [7, 11) is 2.11. The quantitative estimate of drug-likeness (QED) is 0.885. The molecule has 3 nitrogen and oxygen atoms in total. The molecule has 0 spiro atoms. The Bertz CT molecular complexity index is 417. The van der Waals surface area contributed by atoms with E-state index in [0.29, 0.717) is 0 Å². The van der Waals surface area contributed by atoms with Gasteiger partial charge in [-0.2, -0.15) is 0 Å². The molecule has 1 aromatic carbocycles. The Kier molecular flexibility index (Phi) is 5.12. The van der Waals surface area contributed by atoms with Crippen molar-refractivity contribution < 1.29 is 9.90 Å². The molecular weight excluding hydrogens is 238 g/mol. The minimum absolute atomic E-state index is 0.284. The van der Waals surface area contributed by atoms with Crippen LogP contribution < -0.4 is 0 Å². The van der Waals surface area contributed by atoms with E-state index >= 15 is 0 Å². The highest BCUT2D eigenvalue weighted by molar-refractivity contribution is 5.75. The van der Waals surface area contributed by atoms with Gasteiger partial charge in [0.1, 0.15) is 0 Å². The molecule has 0 saturated carbocycles. The third-order valence-corrected chi connectivity index (χ3v) is 3.05. The number of carboxylic acids is 1. The molecule has 0 aliphatic rings. The van der Waals surface area contributed by atoms with Crippen LogP contribution in [0.1, 0.15) is 44.7 Å². The van der Waals surface area contributed by atoms with Crippen molar-refractivity contribution in [1.29, 1.82) is 0 Å². The van der Waals surface area contributed by atoms with Gasteiger partial charge in [-0.3, -0.25) is 4.79 Å². The number of hydrogen-bond acceptors (Lipinski definition) is 2. The highest BCUT2D eigenvalue weighted by atomic mass is 16.4. The summed E-state index contributed by atoms with van der Waals surface area (Å²) in [5, 5.41) is 8.97. The van der Waals surface area contributed by atoms with Crippen molar-refractivity contribution in [3.05, 3.63) is 35.4 Å². The molecule has 0 saturated heterocycles. The molecule has 0 aliphatic heterocycles. The van der Waals surface area contributed by atoms with Gasteiger partial charge in [0.15, 0.2) is 0 Å². The summed E-state index contributed by atoms with van der Waals surface area (Å²) in [6, 6.07) is 7.87. The molecule has 0 radical (unpaired) electrons. The molecule has 0 amide bonds. The van der Waals surface area contributed by atoms with E-state index in [9.17, 15) is 4.79 Å². The van der Waals surface area contributed by atoms with Crippen LogP contribution in [0.15, 0.2) is 24.3 Å². The lowest BCUT2D eigenvalue weighted by molar-refractivity contribution is -0.138. The fourth-order valence-electron chi connectivity index (χ4n) is 2.23. The highest BCUT2D eigenvalue weighted by Crippen LogP contribution is 2.18. The molecule has 0 aliphatic carbocycles. The van der Waals surface area contributed by atoms with Gasteiger partial charge in [0.05, 0.1) is 5.92 Å². The van der Waals surface area contributed by atoms with Gasteiger partial charge in [-0.05, 0) is 30.5 Å². The number of carbonyl (C=O) groups is 1. The van der Waals surface area contributed by atoms with Crippen LogP contribution in [0.4, 0.5) is 0 Å². The smallest absolute Gasteiger partial charge is 0.310 e. The van der Waals surface area contributed by atoms with Crippen molar-refractivity contribution in [2.45, 2.75) is 40.2 Å². The van der Waals surface area contributed by atoms with E-state index in [1.165, 1.54) is 5.56 Å². The molecule has 106 valence electrons. The molecule has 0 bridgehead atoms. The average Bonchev–Trinajstić information content (AvgIpc) is 2.26. The topological polar surface area (TPSA) is 40.5 Å². The van der Waals surface area contributed by atoms with Gasteiger partial charge in [-0.25, -0.2) is 0 Å². The molecular formula is C16H25NO2. The molecule has 1 aromatic rings. The molecule has 0 fully saturated rings. The van der Waals surface area contributed by atoms with E-state index in [1.807, 2.05) is 24.3 Å². The van der Waals surface area contributed by atoms with Crippen LogP contribution in [-0.2, 0) is 11.3 Å². The summed E-state index contributed by atoms with van der Waals surface area (Å²) in [5.74, 6) is -1.22. The minimum Gasteiger partial charge on any atom is -0.481 e. The van der Waals surface area contributed by atoms with Crippen molar-refractivity contribution in [3.63, 3.8) is 0 Å². The Hall–Kier alpha value is -1.35. The standard InChI is InChI=1S/C16H25NO2/c1-12(15(18)19)14-8-6-13(7-9-14)10-17(5)11-16(2,3)4/h6-9,12H,10-11H2,1-5H3,(H,18,19). The Morgan fingerprint density at radius 1 is 1.26 bits per heavy atom. The van der Waals surface area contributed by atoms with Crippen LogP contribution in [0.3, 0.4) is 0 Å². The first-order valence-electron chi connectivity index (χ1n) is 6.69. The Balaban J connectivity index is 2.64. The zero-order valence-electron chi connectivity index (χ0n) is 12.6. The molecule has 19 heavy (non-hydrogen) atoms. The summed E-state index contributed by atoms with van der Waals surface area (Å²) in [6.45, 7) is 10.3. The number of nitrogens with zero attached hydrogens (tertiary/aromatic N) is 1. The van der Waals surface area contributed by atoms with E-state index in [4.69, 9.17) is 5.11 Å². The lowest BCUT2D eigenvalue weighted by atomic mass is 9.96. The van der Waals surface area contributed by atoms with E-state index in [1.54, 1.807) is 6.92 Å². The second-order valence-corrected chi connectivity index (χ2v) is 6.53. The lowest BCUT2D eigenvalue weighted by Gasteiger charge is -2.26. The highest BCUT2D eigenvalue weighted by Gasteiger charge is 2.15. The fourth-order valence-corrected chi connectivity index (χ4v) is 2.23. The van der Waals surface area contributed by atoms with Crippen molar-refractivity contribution in [3.8, 4) is 0 Å². The third kappa shape index (κ3) is 5.43. The largest absolute Gasteiger partial charge is 0.481 e. The molecule has 1 unspecified atom stereocenters. The molecule has 1 N–H and O–H groups in total. The Morgan fingerprint density at radius 3 is 2.21 bits per heavy atom. The van der Waals surface area contributed by atoms with Gasteiger partial charge < -0.3 is 10.0 Å². The number of carboxylic acid groups (broad SMARTS) is 1. The fraction of sp³-hybridized carbons (Fsp3) is 0.562. The maximum atomic E-state index is 10.9. The zero-order valence-corrected chi connectivity index (χ0v) is 12.6. The predicted molar refractivity (Wildman–Crippen MR) is 78.3 cm³/mol. The number of rotatable bonds is 5. The maximum Gasteiger partial charge on any atom is 0.310 e. The molecule has 1 atom stereocenters. The van der Waals surface area contributed by atoms with Crippen LogP contribution in [0.25, 0.3) is 0 Å². The second kappa shape index (κ2) is 6.20. The first kappa shape index (κ1) is 15.7. The van der Waals surface area contributed by atoms with Crippen molar-refractivity contribution in [2.24, 2.45) is 5.41 Å². The first-order chi connectivity index (χ1) is 8.69. The summed E-state index contributed by atoms with van der Waals surface area (Å²) >= 11 is 0. The van der Waals surface area contributed by atoms with Gasteiger partial charge in [0.25, 0.3) is 0 Å². The normalized spacial score (nSPS) is 13.6. The summed E-state index contributed by atoms with van der Waals surface area (Å²) in [4.78, 5) is 13.2. The van der Waals surface area contributed by atoms with Crippen LogP contribution >= 0.6 is 0 Å². The SMILES string of the molecule is CC(C(=O)O)c1ccc(CN(C)CC(C)(C)C)cc1. The maximum absolute atomic E-state index is 10.9. The van der Waals surface area contributed by atoms with Gasteiger partial charge in [0.2, 0.25) is 0 Å². The monoisotopic (exact) mass is 263 g/mol. The lowest BCUT2D eigenvalue weighted by Crippen LogP contribution is -2.28. The number of benzene rings is 1.